The molecule has 138 valence electrons. The van der Waals surface area contributed by atoms with E-state index in [0.717, 1.165) is 30.6 Å². The first-order chi connectivity index (χ1) is 12.8. The maximum Gasteiger partial charge on any atom is 0.220 e. The summed E-state index contributed by atoms with van der Waals surface area (Å²) >= 11 is 0. The van der Waals surface area contributed by atoms with Gasteiger partial charge in [-0.15, -0.1) is 0 Å². The van der Waals surface area contributed by atoms with Crippen molar-refractivity contribution < 1.29 is 9.53 Å². The highest BCUT2D eigenvalue weighted by molar-refractivity contribution is 5.75. The number of rotatable bonds is 9. The molecule has 1 aliphatic heterocycles. The van der Waals surface area contributed by atoms with E-state index in [0.29, 0.717) is 32.1 Å². The fourth-order valence-electron chi connectivity index (χ4n) is 3.28. The van der Waals surface area contributed by atoms with E-state index in [1.165, 1.54) is 12.0 Å². The molecule has 2 aromatic rings. The van der Waals surface area contributed by atoms with Crippen LogP contribution in [0.15, 0.2) is 54.6 Å². The van der Waals surface area contributed by atoms with Crippen LogP contribution in [0.1, 0.15) is 36.0 Å². The summed E-state index contributed by atoms with van der Waals surface area (Å²) in [5.74, 6) is 0.800. The molecule has 3 rings (SSSR count). The van der Waals surface area contributed by atoms with Gasteiger partial charge < -0.3 is 15.4 Å². The number of amides is 1. The molecule has 1 amide bonds. The average molecular weight is 352 g/mol. The Kier molecular flexibility index (Phi) is 7.23. The Labute approximate surface area is 156 Å². The summed E-state index contributed by atoms with van der Waals surface area (Å²) in [4.78, 5) is 12.0. The molecule has 2 N–H and O–H groups in total. The molecule has 1 heterocycles. The molecule has 0 bridgehead atoms. The van der Waals surface area contributed by atoms with Crippen LogP contribution in [0.25, 0.3) is 0 Å². The van der Waals surface area contributed by atoms with Gasteiger partial charge >= 0.3 is 0 Å². The van der Waals surface area contributed by atoms with Crippen LogP contribution < -0.4 is 10.6 Å². The number of benzene rings is 2. The van der Waals surface area contributed by atoms with E-state index in [1.807, 2.05) is 30.3 Å². The van der Waals surface area contributed by atoms with Crippen LogP contribution in [0.2, 0.25) is 0 Å². The second kappa shape index (κ2) is 10.1. The van der Waals surface area contributed by atoms with Crippen LogP contribution in [-0.4, -0.2) is 19.0 Å². The number of carbonyl (C=O) groups excluding carboxylic acids is 1. The monoisotopic (exact) mass is 352 g/mol. The normalized spacial score (nSPS) is 16.5. The lowest BCUT2D eigenvalue weighted by Gasteiger charge is -2.10. The average Bonchev–Trinajstić information content (AvgIpc) is 3.20. The molecule has 26 heavy (non-hydrogen) atoms. The minimum Gasteiger partial charge on any atom is -0.372 e. The number of hydrogen-bond donors (Lipinski definition) is 2. The van der Waals surface area contributed by atoms with Gasteiger partial charge in [0, 0.05) is 13.0 Å². The van der Waals surface area contributed by atoms with Gasteiger partial charge in [-0.25, -0.2) is 0 Å². The first kappa shape index (κ1) is 18.6. The molecule has 4 nitrogen and oxygen atoms in total. The maximum absolute atomic E-state index is 12.0. The van der Waals surface area contributed by atoms with Crippen LogP contribution in [0.3, 0.4) is 0 Å². The molecular formula is C22H28N2O2. The van der Waals surface area contributed by atoms with Crippen LogP contribution in [0.4, 0.5) is 0 Å². The third kappa shape index (κ3) is 6.28. The zero-order chi connectivity index (χ0) is 18.0. The van der Waals surface area contributed by atoms with Crippen LogP contribution in [0.5, 0.6) is 0 Å². The Hall–Kier alpha value is -2.17. The van der Waals surface area contributed by atoms with Crippen molar-refractivity contribution >= 4 is 5.91 Å². The van der Waals surface area contributed by atoms with Crippen molar-refractivity contribution in [3.8, 4) is 0 Å². The largest absolute Gasteiger partial charge is 0.372 e. The standard InChI is InChI=1S/C22H28N2O2/c25-22(10-9-18-11-12-23-14-18)24-15-20-7-4-8-21(13-20)17-26-16-19-5-2-1-3-6-19/h1-8,13,18,23H,9-12,14-17H2,(H,24,25). The summed E-state index contributed by atoms with van der Waals surface area (Å²) in [5, 5.41) is 6.38. The second-order valence-electron chi connectivity index (χ2n) is 6.97. The lowest BCUT2D eigenvalue weighted by Crippen LogP contribution is -2.23. The van der Waals surface area contributed by atoms with E-state index in [4.69, 9.17) is 4.74 Å². The number of carbonyl (C=O) groups is 1. The molecule has 0 saturated carbocycles. The van der Waals surface area contributed by atoms with Gasteiger partial charge in [-0.2, -0.15) is 0 Å². The smallest absolute Gasteiger partial charge is 0.220 e. The summed E-state index contributed by atoms with van der Waals surface area (Å²) in [6.45, 7) is 3.90. The van der Waals surface area contributed by atoms with E-state index in [-0.39, 0.29) is 5.91 Å². The topological polar surface area (TPSA) is 50.4 Å². The highest BCUT2D eigenvalue weighted by atomic mass is 16.5. The number of hydrogen-bond acceptors (Lipinski definition) is 3. The molecule has 1 atom stereocenters. The molecule has 1 saturated heterocycles. The predicted octanol–water partition coefficient (Wildman–Crippen LogP) is 3.41. The molecule has 2 aromatic carbocycles. The third-order valence-corrected chi connectivity index (χ3v) is 4.80. The predicted molar refractivity (Wildman–Crippen MR) is 103 cm³/mol. The van der Waals surface area contributed by atoms with Crippen molar-refractivity contribution in [1.29, 1.82) is 0 Å². The van der Waals surface area contributed by atoms with E-state index in [2.05, 4.69) is 34.9 Å². The van der Waals surface area contributed by atoms with Crippen molar-refractivity contribution in [3.05, 3.63) is 71.3 Å². The second-order valence-corrected chi connectivity index (χ2v) is 6.97. The third-order valence-electron chi connectivity index (χ3n) is 4.80. The molecule has 1 fully saturated rings. The fraction of sp³-hybridized carbons (Fsp3) is 0.409. The molecule has 0 aromatic heterocycles. The molecule has 1 unspecified atom stereocenters. The highest BCUT2D eigenvalue weighted by Crippen LogP contribution is 2.14. The van der Waals surface area contributed by atoms with Crippen molar-refractivity contribution in [3.63, 3.8) is 0 Å². The lowest BCUT2D eigenvalue weighted by molar-refractivity contribution is -0.121. The summed E-state index contributed by atoms with van der Waals surface area (Å²) in [6, 6.07) is 18.4. The van der Waals surface area contributed by atoms with Crippen LogP contribution in [0, 0.1) is 5.92 Å². The summed E-state index contributed by atoms with van der Waals surface area (Å²) in [6.07, 6.45) is 2.79. The van der Waals surface area contributed by atoms with Gasteiger partial charge in [0.1, 0.15) is 0 Å². The van der Waals surface area contributed by atoms with E-state index in [1.54, 1.807) is 0 Å². The Morgan fingerprint density at radius 2 is 1.81 bits per heavy atom. The minimum atomic E-state index is 0.141. The Morgan fingerprint density at radius 1 is 1.04 bits per heavy atom. The van der Waals surface area contributed by atoms with Crippen molar-refractivity contribution in [2.45, 2.75) is 39.0 Å². The Morgan fingerprint density at radius 3 is 2.62 bits per heavy atom. The first-order valence-corrected chi connectivity index (χ1v) is 9.46. The quantitative estimate of drug-likeness (QED) is 0.727. The first-order valence-electron chi connectivity index (χ1n) is 9.46. The molecule has 0 radical (unpaired) electrons. The molecule has 0 aliphatic carbocycles. The van der Waals surface area contributed by atoms with Gasteiger partial charge in [-0.1, -0.05) is 54.6 Å². The summed E-state index contributed by atoms with van der Waals surface area (Å²) in [5.41, 5.74) is 3.42. The zero-order valence-electron chi connectivity index (χ0n) is 15.2. The minimum absolute atomic E-state index is 0.141. The molecular weight excluding hydrogens is 324 g/mol. The number of ether oxygens (including phenoxy) is 1. The Balaban J connectivity index is 1.38. The molecule has 4 heteroatoms. The maximum atomic E-state index is 12.0. The molecule has 1 aliphatic rings. The van der Waals surface area contributed by atoms with Crippen molar-refractivity contribution in [2.75, 3.05) is 13.1 Å². The van der Waals surface area contributed by atoms with Gasteiger partial charge in [0.2, 0.25) is 5.91 Å². The highest BCUT2D eigenvalue weighted by Gasteiger charge is 2.15. The van der Waals surface area contributed by atoms with Crippen molar-refractivity contribution in [2.24, 2.45) is 5.92 Å². The Bertz CT molecular complexity index is 682. The van der Waals surface area contributed by atoms with Gasteiger partial charge in [-0.3, -0.25) is 4.79 Å². The summed E-state index contributed by atoms with van der Waals surface area (Å²) in [7, 11) is 0. The van der Waals surface area contributed by atoms with Crippen molar-refractivity contribution in [1.82, 2.24) is 10.6 Å². The number of nitrogens with one attached hydrogen (secondary N) is 2. The van der Waals surface area contributed by atoms with Crippen LogP contribution >= 0.6 is 0 Å². The summed E-state index contributed by atoms with van der Waals surface area (Å²) < 4.78 is 5.79. The SMILES string of the molecule is O=C(CCC1CCNC1)NCc1cccc(COCc2ccccc2)c1. The lowest BCUT2D eigenvalue weighted by atomic mass is 10.0. The van der Waals surface area contributed by atoms with Crippen LogP contribution in [-0.2, 0) is 29.3 Å². The fourth-order valence-corrected chi connectivity index (χ4v) is 3.28. The van der Waals surface area contributed by atoms with Gasteiger partial charge in [0.25, 0.3) is 0 Å². The molecule has 0 spiro atoms. The van der Waals surface area contributed by atoms with Gasteiger partial charge in [0.05, 0.1) is 13.2 Å². The zero-order valence-corrected chi connectivity index (χ0v) is 15.2. The van der Waals surface area contributed by atoms with E-state index < -0.39 is 0 Å². The van der Waals surface area contributed by atoms with E-state index in [9.17, 15) is 4.79 Å². The van der Waals surface area contributed by atoms with Gasteiger partial charge in [0.15, 0.2) is 0 Å². The van der Waals surface area contributed by atoms with E-state index >= 15 is 0 Å². The van der Waals surface area contributed by atoms with Gasteiger partial charge in [-0.05, 0) is 48.5 Å².